The van der Waals surface area contributed by atoms with Gasteiger partial charge < -0.3 is 10.1 Å². The number of ether oxygens (including phenoxy) is 1. The van der Waals surface area contributed by atoms with E-state index in [1.807, 2.05) is 12.1 Å². The summed E-state index contributed by atoms with van der Waals surface area (Å²) in [6, 6.07) is 8.34. The van der Waals surface area contributed by atoms with Crippen molar-refractivity contribution in [2.24, 2.45) is 0 Å². The van der Waals surface area contributed by atoms with Crippen LogP contribution >= 0.6 is 11.3 Å². The van der Waals surface area contributed by atoms with Gasteiger partial charge in [-0.15, -0.1) is 11.3 Å². The molecule has 1 fully saturated rings. The Morgan fingerprint density at radius 1 is 1.22 bits per heavy atom. The number of amides is 1. The topological polar surface area (TPSA) is 68.3 Å². The molecular formula is C21H26N2O3S. The molecule has 0 spiro atoms. The standard InChI is InChI=1S/C21H26N2O3S/c1-3-15-9-11-16(12-10-15)20-23-18(13-27-20)21(25)26-14(2)19(24)22-17-7-5-4-6-8-17/h9-14,17H,3-8H2,1-2H3,(H,22,24)/t14-/m0/s1. The van der Waals surface area contributed by atoms with Crippen LogP contribution in [-0.2, 0) is 16.0 Å². The Morgan fingerprint density at radius 2 is 1.93 bits per heavy atom. The molecule has 6 heteroatoms. The summed E-state index contributed by atoms with van der Waals surface area (Å²) in [6.45, 7) is 3.71. The van der Waals surface area contributed by atoms with Crippen LogP contribution in [0, 0.1) is 0 Å². The van der Waals surface area contributed by atoms with Crippen LogP contribution in [0.1, 0.15) is 62.0 Å². The van der Waals surface area contributed by atoms with Crippen LogP contribution in [-0.4, -0.2) is 29.0 Å². The highest BCUT2D eigenvalue weighted by atomic mass is 32.1. The van der Waals surface area contributed by atoms with Crippen LogP contribution in [0.5, 0.6) is 0 Å². The van der Waals surface area contributed by atoms with Crippen LogP contribution in [0.4, 0.5) is 0 Å². The fraction of sp³-hybridized carbons (Fsp3) is 0.476. The molecule has 2 aromatic rings. The maximum Gasteiger partial charge on any atom is 0.358 e. The number of esters is 1. The van der Waals surface area contributed by atoms with Gasteiger partial charge in [0.25, 0.3) is 5.91 Å². The Balaban J connectivity index is 1.57. The highest BCUT2D eigenvalue weighted by Crippen LogP contribution is 2.25. The van der Waals surface area contributed by atoms with Gasteiger partial charge >= 0.3 is 5.97 Å². The molecule has 0 saturated heterocycles. The summed E-state index contributed by atoms with van der Waals surface area (Å²) in [5.41, 5.74) is 2.47. The average Bonchev–Trinajstić information content (AvgIpc) is 3.19. The molecule has 1 heterocycles. The zero-order chi connectivity index (χ0) is 19.2. The lowest BCUT2D eigenvalue weighted by Gasteiger charge is -2.24. The first kappa shape index (κ1) is 19.5. The van der Waals surface area contributed by atoms with Crippen molar-refractivity contribution in [2.75, 3.05) is 0 Å². The van der Waals surface area contributed by atoms with Crippen molar-refractivity contribution < 1.29 is 14.3 Å². The Labute approximate surface area is 164 Å². The molecular weight excluding hydrogens is 360 g/mol. The second kappa shape index (κ2) is 9.13. The van der Waals surface area contributed by atoms with Crippen LogP contribution in [0.3, 0.4) is 0 Å². The van der Waals surface area contributed by atoms with Gasteiger partial charge in [-0.2, -0.15) is 0 Å². The SMILES string of the molecule is CCc1ccc(-c2nc(C(=O)O[C@@H](C)C(=O)NC3CCCCC3)cs2)cc1. The smallest absolute Gasteiger partial charge is 0.358 e. The van der Waals surface area contributed by atoms with E-state index in [1.54, 1.807) is 12.3 Å². The summed E-state index contributed by atoms with van der Waals surface area (Å²) < 4.78 is 5.32. The number of nitrogens with zero attached hydrogens (tertiary/aromatic N) is 1. The minimum atomic E-state index is -0.826. The largest absolute Gasteiger partial charge is 0.448 e. The van der Waals surface area contributed by atoms with Gasteiger partial charge in [-0.3, -0.25) is 4.79 Å². The Bertz CT molecular complexity index is 779. The van der Waals surface area contributed by atoms with Gasteiger partial charge in [-0.05, 0) is 31.7 Å². The molecule has 1 aliphatic carbocycles. The molecule has 1 amide bonds. The number of carbonyl (C=O) groups excluding carboxylic acids is 2. The van der Waals surface area contributed by atoms with Crippen molar-refractivity contribution in [2.45, 2.75) is 64.5 Å². The van der Waals surface area contributed by atoms with E-state index < -0.39 is 12.1 Å². The van der Waals surface area contributed by atoms with Gasteiger partial charge in [0.1, 0.15) is 5.01 Å². The van der Waals surface area contributed by atoms with E-state index in [4.69, 9.17) is 4.74 Å². The van der Waals surface area contributed by atoms with Crippen molar-refractivity contribution in [3.63, 3.8) is 0 Å². The van der Waals surface area contributed by atoms with E-state index in [2.05, 4.69) is 29.4 Å². The van der Waals surface area contributed by atoms with Crippen molar-refractivity contribution >= 4 is 23.2 Å². The number of benzene rings is 1. The van der Waals surface area contributed by atoms with Gasteiger partial charge in [-0.25, -0.2) is 9.78 Å². The minimum absolute atomic E-state index is 0.198. The molecule has 0 radical (unpaired) electrons. The summed E-state index contributed by atoms with van der Waals surface area (Å²) >= 11 is 1.40. The predicted molar refractivity (Wildman–Crippen MR) is 107 cm³/mol. The third kappa shape index (κ3) is 5.16. The highest BCUT2D eigenvalue weighted by Gasteiger charge is 2.24. The van der Waals surface area contributed by atoms with E-state index in [1.165, 1.54) is 23.3 Å². The third-order valence-electron chi connectivity index (χ3n) is 4.93. The molecule has 0 aliphatic heterocycles. The number of nitrogens with one attached hydrogen (secondary N) is 1. The van der Waals surface area contributed by atoms with Crippen molar-refractivity contribution in [1.29, 1.82) is 0 Å². The van der Waals surface area contributed by atoms with Crippen LogP contribution in [0.25, 0.3) is 10.6 Å². The highest BCUT2D eigenvalue weighted by molar-refractivity contribution is 7.13. The van der Waals surface area contributed by atoms with Gasteiger partial charge in [0.05, 0.1) is 0 Å². The Kier molecular flexibility index (Phi) is 6.61. The Morgan fingerprint density at radius 3 is 2.59 bits per heavy atom. The molecule has 0 bridgehead atoms. The zero-order valence-corrected chi connectivity index (χ0v) is 16.7. The van der Waals surface area contributed by atoms with Gasteiger partial charge in [0.15, 0.2) is 11.8 Å². The summed E-state index contributed by atoms with van der Waals surface area (Å²) in [5.74, 6) is -0.796. The Hall–Kier alpha value is -2.21. The van der Waals surface area contributed by atoms with E-state index in [0.717, 1.165) is 42.7 Å². The number of rotatable bonds is 6. The molecule has 1 aliphatic rings. The summed E-state index contributed by atoms with van der Waals surface area (Å²) in [7, 11) is 0. The molecule has 1 N–H and O–H groups in total. The van der Waals surface area contributed by atoms with E-state index >= 15 is 0 Å². The molecule has 1 atom stereocenters. The second-order valence-corrected chi connectivity index (χ2v) is 7.84. The van der Waals surface area contributed by atoms with E-state index in [-0.39, 0.29) is 17.6 Å². The van der Waals surface area contributed by atoms with Crippen molar-refractivity contribution in [1.82, 2.24) is 10.3 Å². The molecule has 5 nitrogen and oxygen atoms in total. The van der Waals surface area contributed by atoms with E-state index in [9.17, 15) is 9.59 Å². The summed E-state index contributed by atoms with van der Waals surface area (Å²) in [5, 5.41) is 5.43. The molecule has 144 valence electrons. The maximum atomic E-state index is 12.3. The molecule has 27 heavy (non-hydrogen) atoms. The first-order valence-electron chi connectivity index (χ1n) is 9.63. The lowest BCUT2D eigenvalue weighted by molar-refractivity contribution is -0.130. The van der Waals surface area contributed by atoms with Gasteiger partial charge in [0, 0.05) is 17.0 Å². The first-order chi connectivity index (χ1) is 13.1. The zero-order valence-electron chi connectivity index (χ0n) is 15.9. The molecule has 1 saturated carbocycles. The summed E-state index contributed by atoms with van der Waals surface area (Å²) in [6.07, 6.45) is 5.66. The quantitative estimate of drug-likeness (QED) is 0.749. The molecule has 0 unspecified atom stereocenters. The molecule has 3 rings (SSSR count). The fourth-order valence-electron chi connectivity index (χ4n) is 3.22. The second-order valence-electron chi connectivity index (χ2n) is 6.98. The average molecular weight is 387 g/mol. The van der Waals surface area contributed by atoms with Crippen LogP contribution < -0.4 is 5.32 Å². The number of thiazole rings is 1. The van der Waals surface area contributed by atoms with Crippen LogP contribution in [0.2, 0.25) is 0 Å². The fourth-order valence-corrected chi connectivity index (χ4v) is 4.02. The predicted octanol–water partition coefficient (Wildman–Crippen LogP) is 4.37. The lowest BCUT2D eigenvalue weighted by atomic mass is 9.95. The van der Waals surface area contributed by atoms with Crippen molar-refractivity contribution in [3.05, 3.63) is 40.9 Å². The van der Waals surface area contributed by atoms with E-state index in [0.29, 0.717) is 0 Å². The minimum Gasteiger partial charge on any atom is -0.448 e. The van der Waals surface area contributed by atoms with Crippen LogP contribution in [0.15, 0.2) is 29.6 Å². The van der Waals surface area contributed by atoms with Crippen molar-refractivity contribution in [3.8, 4) is 10.6 Å². The maximum absolute atomic E-state index is 12.3. The summed E-state index contributed by atoms with van der Waals surface area (Å²) in [4.78, 5) is 29.0. The first-order valence-corrected chi connectivity index (χ1v) is 10.5. The monoisotopic (exact) mass is 386 g/mol. The number of aromatic nitrogens is 1. The third-order valence-corrected chi connectivity index (χ3v) is 5.82. The normalized spacial score (nSPS) is 15.9. The number of hydrogen-bond acceptors (Lipinski definition) is 5. The number of hydrogen-bond donors (Lipinski definition) is 1. The lowest BCUT2D eigenvalue weighted by Crippen LogP contribution is -2.42. The number of aryl methyl sites for hydroxylation is 1. The van der Waals surface area contributed by atoms with Gasteiger partial charge in [-0.1, -0.05) is 50.5 Å². The van der Waals surface area contributed by atoms with Gasteiger partial charge in [0.2, 0.25) is 0 Å². The number of carbonyl (C=O) groups is 2. The molecule has 1 aromatic heterocycles. The molecule has 1 aromatic carbocycles.